The van der Waals surface area contributed by atoms with E-state index in [2.05, 4.69) is 41.0 Å². The molecule has 7 nitrogen and oxygen atoms in total. The maximum Gasteiger partial charge on any atom is 0.231 e. The van der Waals surface area contributed by atoms with Crippen molar-refractivity contribution >= 4 is 48.1 Å². The molecule has 0 spiro atoms. The van der Waals surface area contributed by atoms with Crippen LogP contribution >= 0.6 is 36.4 Å². The van der Waals surface area contributed by atoms with Gasteiger partial charge in [0.1, 0.15) is 23.6 Å². The molecule has 3 aliphatic rings. The van der Waals surface area contributed by atoms with E-state index in [1.54, 1.807) is 19.1 Å². The number of benzene rings is 1. The third-order valence-corrected chi connectivity index (χ3v) is 8.32. The molecule has 2 N–H and O–H groups in total. The van der Waals surface area contributed by atoms with Crippen molar-refractivity contribution in [2.24, 2.45) is 0 Å². The van der Waals surface area contributed by atoms with E-state index >= 15 is 4.39 Å². The molecule has 210 valence electrons. The van der Waals surface area contributed by atoms with Crippen molar-refractivity contribution in [3.8, 4) is 0 Å². The van der Waals surface area contributed by atoms with Crippen LogP contribution in [0.1, 0.15) is 75.6 Å². The number of piperazine rings is 1. The van der Waals surface area contributed by atoms with Gasteiger partial charge < -0.3 is 20.2 Å². The molecule has 1 amide bonds. The topological polar surface area (TPSA) is 81.6 Å². The Labute approximate surface area is 241 Å². The number of fused-ring (bicyclic) bond motifs is 1. The summed E-state index contributed by atoms with van der Waals surface area (Å²) < 4.78 is 15.1. The molecule has 0 radical (unpaired) electrons. The highest BCUT2D eigenvalue weighted by Gasteiger charge is 2.43. The monoisotopic (exact) mass is 587 g/mol. The van der Waals surface area contributed by atoms with Crippen LogP contribution in [0.2, 0.25) is 5.02 Å². The molecule has 2 fully saturated rings. The predicted octanol–water partition coefficient (Wildman–Crippen LogP) is 4.79. The van der Waals surface area contributed by atoms with Crippen LogP contribution in [0.3, 0.4) is 0 Å². The average Bonchev–Trinajstić information content (AvgIpc) is 3.30. The van der Waals surface area contributed by atoms with Gasteiger partial charge in [0.25, 0.3) is 0 Å². The molecule has 2 aromatic rings. The van der Waals surface area contributed by atoms with Gasteiger partial charge in [-0.1, -0.05) is 24.6 Å². The average molecular weight is 589 g/mol. The highest BCUT2D eigenvalue weighted by atomic mass is 35.5. The molecular weight excluding hydrogens is 552 g/mol. The number of anilines is 1. The first-order chi connectivity index (χ1) is 17.0. The van der Waals surface area contributed by atoms with Crippen molar-refractivity contribution in [2.45, 2.75) is 76.0 Å². The second kappa shape index (κ2) is 11.4. The summed E-state index contributed by atoms with van der Waals surface area (Å²) in [6.45, 7) is 10.4. The molecule has 0 saturated carbocycles. The standard InChI is InChI=1S/C27H35ClFN5O2.2ClH/c1-16-14-27(4,36)23-21(16)24(31-15-30-23)33-9-11-34(12-10-33)25(35)22(20-7-8-26(2,3)32-20)18-6-5-17(28)13-19(18)29;;/h5-6,13,15-16,20,22,32,36H,7-12,14H2,1-4H3;2*1H/t16-,20+,22+,27-;;/m1../s1. The molecule has 0 bridgehead atoms. The maximum atomic E-state index is 15.1. The van der Waals surface area contributed by atoms with Gasteiger partial charge >= 0.3 is 0 Å². The lowest BCUT2D eigenvalue weighted by molar-refractivity contribution is -0.133. The van der Waals surface area contributed by atoms with E-state index in [0.717, 1.165) is 24.2 Å². The Morgan fingerprint density at radius 3 is 2.47 bits per heavy atom. The summed E-state index contributed by atoms with van der Waals surface area (Å²) in [6, 6.07) is 4.46. The number of aliphatic hydroxyl groups is 1. The number of hydrogen-bond acceptors (Lipinski definition) is 6. The lowest BCUT2D eigenvalue weighted by Gasteiger charge is -2.39. The van der Waals surface area contributed by atoms with Gasteiger partial charge in [-0.3, -0.25) is 4.79 Å². The van der Waals surface area contributed by atoms with Gasteiger partial charge in [0.2, 0.25) is 5.91 Å². The SMILES string of the molecule is C[C@@H]1C[C@@](C)(O)c2ncnc(N3CCN(C(=O)[C@@H](c4ccc(Cl)cc4F)[C@@H]4CCC(C)(C)N4)CC3)c21.Cl.Cl. The Morgan fingerprint density at radius 1 is 1.18 bits per heavy atom. The number of carbonyl (C=O) groups excluding carboxylic acids is 1. The number of amides is 1. The summed E-state index contributed by atoms with van der Waals surface area (Å²) >= 11 is 6.01. The molecule has 2 saturated heterocycles. The molecule has 4 atom stereocenters. The Balaban J connectivity index is 0.00000200. The Hall–Kier alpha value is -1.71. The minimum Gasteiger partial charge on any atom is -0.384 e. The lowest BCUT2D eigenvalue weighted by Crippen LogP contribution is -2.53. The van der Waals surface area contributed by atoms with Crippen molar-refractivity contribution in [1.82, 2.24) is 20.2 Å². The summed E-state index contributed by atoms with van der Waals surface area (Å²) in [5.74, 6) is -0.121. The normalized spacial score (nSPS) is 26.8. The molecule has 3 heterocycles. The highest BCUT2D eigenvalue weighted by molar-refractivity contribution is 6.30. The maximum absolute atomic E-state index is 15.1. The molecule has 38 heavy (non-hydrogen) atoms. The number of nitrogens with one attached hydrogen (secondary N) is 1. The number of rotatable bonds is 4. The fourth-order valence-corrected chi connectivity index (χ4v) is 6.50. The smallest absolute Gasteiger partial charge is 0.231 e. The number of halogens is 4. The van der Waals surface area contributed by atoms with E-state index in [4.69, 9.17) is 11.6 Å². The Morgan fingerprint density at radius 2 is 1.87 bits per heavy atom. The van der Waals surface area contributed by atoms with Crippen LogP contribution in [0.15, 0.2) is 24.5 Å². The second-order valence-corrected chi connectivity index (χ2v) is 11.9. The lowest BCUT2D eigenvalue weighted by atomic mass is 9.88. The first-order valence-electron chi connectivity index (χ1n) is 12.8. The van der Waals surface area contributed by atoms with Gasteiger partial charge in [0.15, 0.2) is 0 Å². The van der Waals surface area contributed by atoms with Crippen molar-refractivity contribution in [1.29, 1.82) is 0 Å². The van der Waals surface area contributed by atoms with Crippen molar-refractivity contribution < 1.29 is 14.3 Å². The number of nitrogens with zero attached hydrogens (tertiary/aromatic N) is 4. The van der Waals surface area contributed by atoms with Crippen LogP contribution in [0.25, 0.3) is 0 Å². The quantitative estimate of drug-likeness (QED) is 0.535. The third-order valence-electron chi connectivity index (χ3n) is 8.08. The zero-order valence-electron chi connectivity index (χ0n) is 22.2. The van der Waals surface area contributed by atoms with Gasteiger partial charge in [0, 0.05) is 53.9 Å². The molecule has 5 rings (SSSR count). The minimum absolute atomic E-state index is 0. The molecule has 1 aromatic heterocycles. The van der Waals surface area contributed by atoms with Crippen LogP contribution in [0.4, 0.5) is 10.2 Å². The van der Waals surface area contributed by atoms with Gasteiger partial charge in [-0.15, -0.1) is 24.8 Å². The van der Waals surface area contributed by atoms with Crippen LogP contribution < -0.4 is 10.2 Å². The third kappa shape index (κ3) is 5.75. The summed E-state index contributed by atoms with van der Waals surface area (Å²) in [7, 11) is 0. The van der Waals surface area contributed by atoms with Crippen LogP contribution in [0.5, 0.6) is 0 Å². The number of carbonyl (C=O) groups is 1. The fourth-order valence-electron chi connectivity index (χ4n) is 6.34. The summed E-state index contributed by atoms with van der Waals surface area (Å²) in [6.07, 6.45) is 3.86. The van der Waals surface area contributed by atoms with Crippen LogP contribution in [-0.4, -0.2) is 63.6 Å². The first-order valence-corrected chi connectivity index (χ1v) is 13.2. The van der Waals surface area contributed by atoms with E-state index in [0.29, 0.717) is 48.9 Å². The zero-order valence-corrected chi connectivity index (χ0v) is 24.6. The molecular formula is C27H37Cl3FN5O2. The molecule has 2 aliphatic heterocycles. The minimum atomic E-state index is -0.956. The van der Waals surface area contributed by atoms with Gasteiger partial charge in [-0.2, -0.15) is 0 Å². The summed E-state index contributed by atoms with van der Waals surface area (Å²) in [5.41, 5.74) is 1.04. The van der Waals surface area contributed by atoms with E-state index in [9.17, 15) is 9.90 Å². The van der Waals surface area contributed by atoms with Crippen LogP contribution in [0, 0.1) is 5.82 Å². The van der Waals surface area contributed by atoms with Gasteiger partial charge in [-0.05, 0) is 58.1 Å². The van der Waals surface area contributed by atoms with E-state index < -0.39 is 17.3 Å². The predicted molar refractivity (Wildman–Crippen MR) is 152 cm³/mol. The zero-order chi connectivity index (χ0) is 25.8. The Bertz CT molecular complexity index is 1170. The summed E-state index contributed by atoms with van der Waals surface area (Å²) in [5, 5.41) is 14.7. The molecule has 1 aliphatic carbocycles. The second-order valence-electron chi connectivity index (χ2n) is 11.5. The largest absolute Gasteiger partial charge is 0.384 e. The molecule has 1 aromatic carbocycles. The van der Waals surface area contributed by atoms with E-state index in [1.807, 2.05) is 4.90 Å². The molecule has 11 heteroatoms. The number of hydrogen-bond donors (Lipinski definition) is 2. The Kier molecular flexibility index (Phi) is 9.26. The van der Waals surface area contributed by atoms with Crippen molar-refractivity contribution in [3.05, 3.63) is 52.2 Å². The highest BCUT2D eigenvalue weighted by Crippen LogP contribution is 2.46. The van der Waals surface area contributed by atoms with Crippen molar-refractivity contribution in [2.75, 3.05) is 31.1 Å². The summed E-state index contributed by atoms with van der Waals surface area (Å²) in [4.78, 5) is 26.9. The van der Waals surface area contributed by atoms with Crippen molar-refractivity contribution in [3.63, 3.8) is 0 Å². The first kappa shape index (κ1) is 30.8. The fraction of sp³-hybridized carbons (Fsp3) is 0.593. The molecule has 0 unspecified atom stereocenters. The van der Waals surface area contributed by atoms with Crippen LogP contribution in [-0.2, 0) is 10.4 Å². The van der Waals surface area contributed by atoms with Gasteiger partial charge in [0.05, 0.1) is 11.6 Å². The van der Waals surface area contributed by atoms with E-state index in [1.165, 1.54) is 12.4 Å². The van der Waals surface area contributed by atoms with Gasteiger partial charge in [-0.25, -0.2) is 14.4 Å². The number of aromatic nitrogens is 2. The van der Waals surface area contributed by atoms with E-state index in [-0.39, 0.29) is 48.2 Å².